The number of aromatic nitrogens is 2. The molecule has 2 heterocycles. The summed E-state index contributed by atoms with van der Waals surface area (Å²) in [4.78, 5) is 20.4. The van der Waals surface area contributed by atoms with Crippen LogP contribution in [0.5, 0.6) is 5.88 Å². The minimum absolute atomic E-state index is 0.126. The van der Waals surface area contributed by atoms with Crippen molar-refractivity contribution >= 4 is 32.6 Å². The molecule has 1 N–H and O–H groups in total. The van der Waals surface area contributed by atoms with Gasteiger partial charge in [-0.2, -0.15) is 0 Å². The Morgan fingerprint density at radius 2 is 2.00 bits per heavy atom. The van der Waals surface area contributed by atoms with Gasteiger partial charge in [0.15, 0.2) is 5.78 Å². The number of hydrogen-bond donors (Lipinski definition) is 1. The fourth-order valence-electron chi connectivity index (χ4n) is 3.10. The Labute approximate surface area is 159 Å². The molecular weight excluding hydrogens is 392 g/mol. The third-order valence-electron chi connectivity index (χ3n) is 4.28. The molecule has 5 heteroatoms. The zero-order valence-electron chi connectivity index (χ0n) is 14.0. The van der Waals surface area contributed by atoms with Crippen LogP contribution in [-0.2, 0) is 0 Å². The Kier molecular flexibility index (Phi) is 4.31. The maximum atomic E-state index is 13.0. The highest BCUT2D eigenvalue weighted by Gasteiger charge is 2.17. The van der Waals surface area contributed by atoms with Crippen molar-refractivity contribution in [3.8, 4) is 17.0 Å². The van der Waals surface area contributed by atoms with Crippen LogP contribution in [0.3, 0.4) is 0 Å². The zero-order chi connectivity index (χ0) is 18.1. The Hall–Kier alpha value is -2.92. The van der Waals surface area contributed by atoms with Crippen molar-refractivity contribution in [3.05, 3.63) is 82.6 Å². The molecule has 0 spiro atoms. The monoisotopic (exact) mass is 406 g/mol. The molecule has 0 amide bonds. The van der Waals surface area contributed by atoms with Gasteiger partial charge < -0.3 is 9.72 Å². The molecule has 4 aromatic rings. The Morgan fingerprint density at radius 1 is 1.12 bits per heavy atom. The van der Waals surface area contributed by atoms with Crippen molar-refractivity contribution in [2.24, 2.45) is 0 Å². The van der Waals surface area contributed by atoms with E-state index < -0.39 is 0 Å². The molecule has 0 saturated heterocycles. The lowest BCUT2D eigenvalue weighted by molar-refractivity contribution is 0.103. The Bertz CT molecular complexity index is 1120. The van der Waals surface area contributed by atoms with E-state index >= 15 is 0 Å². The number of aromatic amines is 1. The van der Waals surface area contributed by atoms with Gasteiger partial charge in [0.2, 0.25) is 5.88 Å². The number of pyridine rings is 1. The van der Waals surface area contributed by atoms with Crippen LogP contribution in [0.25, 0.3) is 22.0 Å². The maximum absolute atomic E-state index is 13.0. The van der Waals surface area contributed by atoms with Gasteiger partial charge >= 0.3 is 0 Å². The second-order valence-electron chi connectivity index (χ2n) is 5.86. The van der Waals surface area contributed by atoms with Gasteiger partial charge in [-0.05, 0) is 53.6 Å². The first-order valence-corrected chi connectivity index (χ1v) is 8.87. The van der Waals surface area contributed by atoms with Gasteiger partial charge in [-0.15, -0.1) is 0 Å². The second-order valence-corrected chi connectivity index (χ2v) is 6.78. The lowest BCUT2D eigenvalue weighted by atomic mass is 9.97. The third kappa shape index (κ3) is 2.91. The number of fused-ring (bicyclic) bond motifs is 1. The number of ether oxygens (including phenoxy) is 1. The van der Waals surface area contributed by atoms with Crippen molar-refractivity contribution < 1.29 is 9.53 Å². The van der Waals surface area contributed by atoms with Crippen LogP contribution in [0, 0.1) is 0 Å². The van der Waals surface area contributed by atoms with Gasteiger partial charge in [0, 0.05) is 33.3 Å². The smallest absolute Gasteiger partial charge is 0.224 e. The van der Waals surface area contributed by atoms with E-state index in [1.165, 1.54) is 7.11 Å². The number of H-pyrrole nitrogens is 1. The summed E-state index contributed by atoms with van der Waals surface area (Å²) in [6, 6.07) is 17.3. The zero-order valence-corrected chi connectivity index (χ0v) is 15.6. The molecule has 26 heavy (non-hydrogen) atoms. The number of benzene rings is 2. The van der Waals surface area contributed by atoms with Crippen LogP contribution in [0.2, 0.25) is 0 Å². The number of halogens is 1. The maximum Gasteiger partial charge on any atom is 0.224 e. The van der Waals surface area contributed by atoms with Gasteiger partial charge in [-0.1, -0.05) is 28.1 Å². The fraction of sp³-hybridized carbons (Fsp3) is 0.0476. The third-order valence-corrected chi connectivity index (χ3v) is 4.73. The number of ketones is 1. The van der Waals surface area contributed by atoms with Crippen molar-refractivity contribution in [1.82, 2.24) is 9.97 Å². The number of rotatable bonds is 4. The average Bonchev–Trinajstić information content (AvgIpc) is 3.15. The van der Waals surface area contributed by atoms with E-state index in [4.69, 9.17) is 4.74 Å². The van der Waals surface area contributed by atoms with Crippen molar-refractivity contribution in [2.75, 3.05) is 7.11 Å². The molecule has 4 nitrogen and oxygen atoms in total. The van der Waals surface area contributed by atoms with Gasteiger partial charge in [0.1, 0.15) is 0 Å². The summed E-state index contributed by atoms with van der Waals surface area (Å²) in [6.07, 6.45) is 3.52. The summed E-state index contributed by atoms with van der Waals surface area (Å²) in [7, 11) is 1.51. The SMILES string of the molecule is COc1ncccc1C(=O)c1cc(Br)cc(-c2cccc3[nH]ccc23)c1. The van der Waals surface area contributed by atoms with Crippen LogP contribution in [0.15, 0.2) is 71.5 Å². The summed E-state index contributed by atoms with van der Waals surface area (Å²) in [5.74, 6) is 0.200. The molecule has 0 aliphatic carbocycles. The van der Waals surface area contributed by atoms with Crippen LogP contribution < -0.4 is 4.74 Å². The Balaban J connectivity index is 1.85. The predicted octanol–water partition coefficient (Wildman–Crippen LogP) is 5.23. The van der Waals surface area contributed by atoms with E-state index in [1.807, 2.05) is 42.6 Å². The molecule has 4 rings (SSSR count). The number of nitrogens with zero attached hydrogens (tertiary/aromatic N) is 1. The molecule has 0 bridgehead atoms. The lowest BCUT2D eigenvalue weighted by Gasteiger charge is -2.10. The molecule has 0 saturated carbocycles. The molecule has 0 atom stereocenters. The van der Waals surface area contributed by atoms with E-state index in [2.05, 4.69) is 32.0 Å². The summed E-state index contributed by atoms with van der Waals surface area (Å²) < 4.78 is 6.07. The first kappa shape index (κ1) is 16.5. The highest BCUT2D eigenvalue weighted by molar-refractivity contribution is 9.10. The second kappa shape index (κ2) is 6.77. The summed E-state index contributed by atoms with van der Waals surface area (Å²) in [5.41, 5.74) is 4.12. The highest BCUT2D eigenvalue weighted by atomic mass is 79.9. The fourth-order valence-corrected chi connectivity index (χ4v) is 3.59. The van der Waals surface area contributed by atoms with Gasteiger partial charge in [-0.3, -0.25) is 4.79 Å². The lowest BCUT2D eigenvalue weighted by Crippen LogP contribution is -2.05. The summed E-state index contributed by atoms with van der Waals surface area (Å²) >= 11 is 3.53. The van der Waals surface area contributed by atoms with E-state index in [-0.39, 0.29) is 5.78 Å². The number of carbonyl (C=O) groups is 1. The topological polar surface area (TPSA) is 55.0 Å². The van der Waals surface area contributed by atoms with Crippen molar-refractivity contribution in [2.45, 2.75) is 0 Å². The van der Waals surface area contributed by atoms with Crippen molar-refractivity contribution in [3.63, 3.8) is 0 Å². The van der Waals surface area contributed by atoms with E-state index in [0.29, 0.717) is 17.0 Å². The van der Waals surface area contributed by atoms with Gasteiger partial charge in [0.05, 0.1) is 12.7 Å². The van der Waals surface area contributed by atoms with Crippen LogP contribution >= 0.6 is 15.9 Å². The van der Waals surface area contributed by atoms with Gasteiger partial charge in [0.25, 0.3) is 0 Å². The number of methoxy groups -OCH3 is 1. The number of nitrogens with one attached hydrogen (secondary N) is 1. The molecule has 0 aliphatic heterocycles. The molecule has 128 valence electrons. The molecule has 2 aromatic heterocycles. The Morgan fingerprint density at radius 3 is 2.85 bits per heavy atom. The minimum atomic E-state index is -0.126. The minimum Gasteiger partial charge on any atom is -0.480 e. The summed E-state index contributed by atoms with van der Waals surface area (Å²) in [5, 5.41) is 1.11. The number of carbonyl (C=O) groups excluding carboxylic acids is 1. The number of hydrogen-bond acceptors (Lipinski definition) is 3. The quantitative estimate of drug-likeness (QED) is 0.471. The van der Waals surface area contributed by atoms with Crippen LogP contribution in [0.4, 0.5) is 0 Å². The van der Waals surface area contributed by atoms with E-state index in [1.54, 1.807) is 18.3 Å². The first-order valence-electron chi connectivity index (χ1n) is 8.08. The van der Waals surface area contributed by atoms with Gasteiger partial charge in [-0.25, -0.2) is 4.98 Å². The van der Waals surface area contributed by atoms with E-state index in [9.17, 15) is 4.79 Å². The first-order chi connectivity index (χ1) is 12.7. The molecule has 0 fully saturated rings. The van der Waals surface area contributed by atoms with Crippen LogP contribution in [-0.4, -0.2) is 22.9 Å². The predicted molar refractivity (Wildman–Crippen MR) is 106 cm³/mol. The average molecular weight is 407 g/mol. The van der Waals surface area contributed by atoms with Crippen LogP contribution in [0.1, 0.15) is 15.9 Å². The largest absolute Gasteiger partial charge is 0.480 e. The highest BCUT2D eigenvalue weighted by Crippen LogP contribution is 2.32. The van der Waals surface area contributed by atoms with Crippen molar-refractivity contribution in [1.29, 1.82) is 0 Å². The standard InChI is InChI=1S/C21H15BrN2O2/c1-26-21-18(5-3-8-24-21)20(25)14-10-13(11-15(22)12-14)16-4-2-6-19-17(16)7-9-23-19/h2-12,23H,1H3. The normalized spacial score (nSPS) is 10.8. The molecule has 0 radical (unpaired) electrons. The molecule has 0 aliphatic rings. The molecule has 0 unspecified atom stereocenters. The molecule has 2 aromatic carbocycles. The summed E-state index contributed by atoms with van der Waals surface area (Å²) in [6.45, 7) is 0. The molecular formula is C21H15BrN2O2. The van der Waals surface area contributed by atoms with E-state index in [0.717, 1.165) is 26.5 Å².